The number of carbonyl (C=O) groups is 1. The molecule has 0 spiro atoms. The summed E-state index contributed by atoms with van der Waals surface area (Å²) < 4.78 is 10.3. The first-order chi connectivity index (χ1) is 14.4. The zero-order valence-corrected chi connectivity index (χ0v) is 18.4. The summed E-state index contributed by atoms with van der Waals surface area (Å²) in [5.41, 5.74) is 1.83. The van der Waals surface area contributed by atoms with Crippen LogP contribution in [-0.4, -0.2) is 30.2 Å². The molecule has 0 bridgehead atoms. The fourth-order valence-electron chi connectivity index (χ4n) is 3.49. The molecule has 1 heterocycles. The molecule has 0 fully saturated rings. The minimum atomic E-state index is -0.490. The minimum Gasteiger partial charge on any atom is -0.495 e. The monoisotopic (exact) mass is 449 g/mol. The number of non-ortho nitro benzene ring substituents is 1. The number of nitro groups is 1. The lowest BCUT2D eigenvalue weighted by Crippen LogP contribution is -2.20. The Hall–Kier alpha value is -2.72. The Bertz CT molecular complexity index is 974. The third-order valence-corrected chi connectivity index (χ3v) is 6.34. The molecule has 0 radical (unpaired) electrons. The van der Waals surface area contributed by atoms with E-state index >= 15 is 0 Å². The van der Waals surface area contributed by atoms with E-state index in [0.717, 1.165) is 37.7 Å². The number of nitrogens with zero attached hydrogens (tertiary/aromatic N) is 1. The number of nitro benzene ring substituents is 1. The molecule has 0 unspecified atom stereocenters. The van der Waals surface area contributed by atoms with Gasteiger partial charge in [-0.05, 0) is 49.5 Å². The molecule has 30 heavy (non-hydrogen) atoms. The van der Waals surface area contributed by atoms with Gasteiger partial charge in [0.05, 0.1) is 30.4 Å². The van der Waals surface area contributed by atoms with E-state index in [0.29, 0.717) is 22.0 Å². The van der Waals surface area contributed by atoms with Gasteiger partial charge in [0.15, 0.2) is 5.11 Å². The molecule has 2 N–H and O–H groups in total. The van der Waals surface area contributed by atoms with Crippen molar-refractivity contribution in [3.63, 3.8) is 0 Å². The molecule has 1 aromatic heterocycles. The lowest BCUT2D eigenvalue weighted by Gasteiger charge is -2.13. The number of nitrogens with one attached hydrogen (secondary N) is 2. The second-order valence-corrected chi connectivity index (χ2v) is 8.35. The van der Waals surface area contributed by atoms with Crippen LogP contribution in [0.2, 0.25) is 0 Å². The van der Waals surface area contributed by atoms with Crippen molar-refractivity contribution >= 4 is 51.0 Å². The molecule has 10 heteroatoms. The lowest BCUT2D eigenvalue weighted by molar-refractivity contribution is -0.384. The fraction of sp³-hybridized carbons (Fsp3) is 0.400. The van der Waals surface area contributed by atoms with E-state index in [-0.39, 0.29) is 10.8 Å². The summed E-state index contributed by atoms with van der Waals surface area (Å²) in [4.78, 5) is 24.3. The number of hydrogen-bond donors (Lipinski definition) is 2. The zero-order chi connectivity index (χ0) is 21.7. The molecule has 3 rings (SSSR count). The van der Waals surface area contributed by atoms with E-state index in [1.54, 1.807) is 0 Å². The molecule has 1 aliphatic carbocycles. The van der Waals surface area contributed by atoms with Crippen molar-refractivity contribution < 1.29 is 19.2 Å². The van der Waals surface area contributed by atoms with E-state index in [2.05, 4.69) is 10.6 Å². The van der Waals surface area contributed by atoms with Gasteiger partial charge in [0, 0.05) is 17.0 Å². The summed E-state index contributed by atoms with van der Waals surface area (Å²) in [7, 11) is 2.83. The average molecular weight is 450 g/mol. The number of fused-ring (bicyclic) bond motifs is 1. The maximum absolute atomic E-state index is 12.5. The smallest absolute Gasteiger partial charge is 0.341 e. The number of ether oxygens (including phenoxy) is 2. The highest BCUT2D eigenvalue weighted by molar-refractivity contribution is 7.80. The van der Waals surface area contributed by atoms with Gasteiger partial charge in [-0.2, -0.15) is 0 Å². The number of rotatable bonds is 5. The van der Waals surface area contributed by atoms with E-state index in [1.165, 1.54) is 55.1 Å². The number of thiophene rings is 1. The Balaban J connectivity index is 1.88. The Labute approximate surface area is 183 Å². The van der Waals surface area contributed by atoms with Gasteiger partial charge in [-0.3, -0.25) is 10.1 Å². The number of aryl methyl sites for hydroxylation is 1. The summed E-state index contributed by atoms with van der Waals surface area (Å²) in [5, 5.41) is 17.9. The van der Waals surface area contributed by atoms with Gasteiger partial charge in [0.25, 0.3) is 5.69 Å². The lowest BCUT2D eigenvalue weighted by atomic mass is 9.96. The van der Waals surface area contributed by atoms with Crippen LogP contribution in [0, 0.1) is 10.1 Å². The normalized spacial score (nSPS) is 13.4. The number of benzene rings is 1. The van der Waals surface area contributed by atoms with Crippen molar-refractivity contribution in [2.75, 3.05) is 24.9 Å². The van der Waals surface area contributed by atoms with Crippen molar-refractivity contribution in [2.24, 2.45) is 0 Å². The van der Waals surface area contributed by atoms with Gasteiger partial charge in [-0.25, -0.2) is 4.79 Å². The summed E-state index contributed by atoms with van der Waals surface area (Å²) >= 11 is 6.92. The quantitative estimate of drug-likeness (QED) is 0.287. The van der Waals surface area contributed by atoms with Gasteiger partial charge in [0.2, 0.25) is 0 Å². The van der Waals surface area contributed by atoms with E-state index in [1.807, 2.05) is 0 Å². The van der Waals surface area contributed by atoms with Crippen LogP contribution in [0.1, 0.15) is 46.5 Å². The summed E-state index contributed by atoms with van der Waals surface area (Å²) in [6, 6.07) is 4.21. The first-order valence-corrected chi connectivity index (χ1v) is 10.8. The molecule has 1 aliphatic rings. The third-order valence-electron chi connectivity index (χ3n) is 4.93. The number of anilines is 2. The molecule has 1 aromatic carbocycles. The minimum absolute atomic E-state index is 0.0876. The molecule has 0 atom stereocenters. The Kier molecular flexibility index (Phi) is 7.22. The molecular formula is C20H23N3O5S2. The topological polar surface area (TPSA) is 103 Å². The molecule has 0 saturated carbocycles. The third kappa shape index (κ3) is 4.88. The largest absolute Gasteiger partial charge is 0.495 e. The molecule has 0 amide bonds. The van der Waals surface area contributed by atoms with Crippen LogP contribution in [0.25, 0.3) is 0 Å². The second-order valence-electron chi connectivity index (χ2n) is 6.83. The van der Waals surface area contributed by atoms with E-state index in [4.69, 9.17) is 21.7 Å². The number of hydrogen-bond acceptors (Lipinski definition) is 7. The van der Waals surface area contributed by atoms with Crippen LogP contribution < -0.4 is 15.4 Å². The molecule has 2 aromatic rings. The maximum Gasteiger partial charge on any atom is 0.341 e. The van der Waals surface area contributed by atoms with Crippen molar-refractivity contribution in [2.45, 2.75) is 38.5 Å². The second kappa shape index (κ2) is 9.86. The highest BCUT2D eigenvalue weighted by atomic mass is 32.1. The van der Waals surface area contributed by atoms with Crippen LogP contribution in [0.3, 0.4) is 0 Å². The van der Waals surface area contributed by atoms with E-state index in [9.17, 15) is 14.9 Å². The van der Waals surface area contributed by atoms with Crippen molar-refractivity contribution in [1.82, 2.24) is 0 Å². The molecular weight excluding hydrogens is 426 g/mol. The Morgan fingerprint density at radius 3 is 2.57 bits per heavy atom. The SMILES string of the molecule is COC(=O)c1c(NC(=S)Nc2cc([N+](=O)[O-])ccc2OC)sc2c1CCCCCC2. The molecule has 0 saturated heterocycles. The number of esters is 1. The standard InChI is InChI=1S/C20H23N3O5S2/c1-27-15-10-9-12(23(25)26)11-14(15)21-20(29)22-18-17(19(24)28-2)13-7-5-3-4-6-8-16(13)30-18/h9-11H,3-8H2,1-2H3,(H2,21,22,29). The Morgan fingerprint density at radius 1 is 1.17 bits per heavy atom. The summed E-state index contributed by atoms with van der Waals surface area (Å²) in [6.45, 7) is 0. The van der Waals surface area contributed by atoms with Crippen LogP contribution >= 0.6 is 23.6 Å². The fourth-order valence-corrected chi connectivity index (χ4v) is 5.05. The van der Waals surface area contributed by atoms with Crippen molar-refractivity contribution in [3.8, 4) is 5.75 Å². The van der Waals surface area contributed by atoms with Crippen LogP contribution in [0.5, 0.6) is 5.75 Å². The maximum atomic E-state index is 12.5. The highest BCUT2D eigenvalue weighted by Gasteiger charge is 2.25. The van der Waals surface area contributed by atoms with Crippen LogP contribution in [-0.2, 0) is 17.6 Å². The van der Waals surface area contributed by atoms with Crippen LogP contribution in [0.4, 0.5) is 16.4 Å². The highest BCUT2D eigenvalue weighted by Crippen LogP contribution is 2.38. The Morgan fingerprint density at radius 2 is 1.90 bits per heavy atom. The van der Waals surface area contributed by atoms with E-state index < -0.39 is 10.9 Å². The predicted octanol–water partition coefficient (Wildman–Crippen LogP) is 4.92. The molecule has 0 aliphatic heterocycles. The van der Waals surface area contributed by atoms with Gasteiger partial charge in [0.1, 0.15) is 10.8 Å². The number of carbonyl (C=O) groups excluding carboxylic acids is 1. The predicted molar refractivity (Wildman–Crippen MR) is 121 cm³/mol. The van der Waals surface area contributed by atoms with Crippen molar-refractivity contribution in [3.05, 3.63) is 44.3 Å². The van der Waals surface area contributed by atoms with Crippen molar-refractivity contribution in [1.29, 1.82) is 0 Å². The van der Waals surface area contributed by atoms with Gasteiger partial charge < -0.3 is 20.1 Å². The van der Waals surface area contributed by atoms with Gasteiger partial charge in [-0.1, -0.05) is 12.8 Å². The molecule has 160 valence electrons. The zero-order valence-electron chi connectivity index (χ0n) is 16.8. The number of thiocarbonyl (C=S) groups is 1. The first-order valence-electron chi connectivity index (χ1n) is 9.58. The summed E-state index contributed by atoms with van der Waals surface area (Å²) in [6.07, 6.45) is 6.19. The van der Waals surface area contributed by atoms with Gasteiger partial charge >= 0.3 is 5.97 Å². The first kappa shape index (κ1) is 22.0. The van der Waals surface area contributed by atoms with Gasteiger partial charge in [-0.15, -0.1) is 11.3 Å². The van der Waals surface area contributed by atoms with Crippen LogP contribution in [0.15, 0.2) is 18.2 Å². The summed E-state index contributed by atoms with van der Waals surface area (Å²) in [5.74, 6) is 0.0164. The average Bonchev–Trinajstić information content (AvgIpc) is 3.03. The number of methoxy groups -OCH3 is 2. The molecule has 8 nitrogen and oxygen atoms in total.